The van der Waals surface area contributed by atoms with Crippen molar-refractivity contribution in [3.8, 4) is 0 Å². The summed E-state index contributed by atoms with van der Waals surface area (Å²) in [5, 5.41) is 0.833. The summed E-state index contributed by atoms with van der Waals surface area (Å²) in [6.07, 6.45) is 10.6. The Labute approximate surface area is 182 Å². The minimum Gasteiger partial charge on any atom is -0.377 e. The molecule has 0 heterocycles. The first-order valence-corrected chi connectivity index (χ1v) is 16.6. The molecule has 0 unspecified atom stereocenters. The molecular formula is C19H35Cl3O3Si2. The van der Waals surface area contributed by atoms with Gasteiger partial charge in [-0.3, -0.25) is 0 Å². The molecule has 0 bridgehead atoms. The number of unbranched alkanes of at least 4 members (excludes halogenated alkanes) is 7. The van der Waals surface area contributed by atoms with Crippen molar-refractivity contribution in [3.63, 3.8) is 0 Å². The Morgan fingerprint density at radius 1 is 0.704 bits per heavy atom. The molecule has 0 radical (unpaired) electrons. The van der Waals surface area contributed by atoms with Crippen LogP contribution in [0.1, 0.15) is 58.3 Å². The average Bonchev–Trinajstić information content (AvgIpc) is 2.68. The number of benzene rings is 1. The van der Waals surface area contributed by atoms with E-state index >= 15 is 0 Å². The van der Waals surface area contributed by atoms with Crippen LogP contribution in [-0.2, 0) is 13.3 Å². The molecule has 0 aliphatic heterocycles. The lowest BCUT2D eigenvalue weighted by molar-refractivity contribution is 0.122. The van der Waals surface area contributed by atoms with Crippen LogP contribution in [0.3, 0.4) is 0 Å². The molecule has 0 N–H and O–H groups in total. The Bertz CT molecular complexity index is 447. The summed E-state index contributed by atoms with van der Waals surface area (Å²) < 4.78 is 16.2. The van der Waals surface area contributed by atoms with Crippen LogP contribution in [0.5, 0.6) is 0 Å². The second-order valence-electron chi connectivity index (χ2n) is 6.38. The van der Waals surface area contributed by atoms with E-state index in [9.17, 15) is 0 Å². The predicted molar refractivity (Wildman–Crippen MR) is 124 cm³/mol. The van der Waals surface area contributed by atoms with E-state index in [1.165, 1.54) is 44.9 Å². The Hall–Kier alpha value is 0.404. The van der Waals surface area contributed by atoms with Crippen molar-refractivity contribution in [2.45, 2.75) is 64.3 Å². The molecular weight excluding hydrogens is 439 g/mol. The number of hydrogen-bond donors (Lipinski definition) is 0. The second kappa shape index (κ2) is 16.2. The van der Waals surface area contributed by atoms with E-state index in [-0.39, 0.29) is 0 Å². The van der Waals surface area contributed by atoms with Gasteiger partial charge in [0.1, 0.15) is 0 Å². The van der Waals surface area contributed by atoms with Crippen molar-refractivity contribution >= 4 is 53.2 Å². The largest absolute Gasteiger partial charge is 0.500 e. The standard InChI is InChI=1S/C13H30O3Si.C6H5Cl3Si/c1-5-6-7-8-9-10-11-12-13-17(14-2,15-3)16-4;7-10(8,9)6-4-2-1-3-5-6/h5-13H2,1-4H3;1-5H. The molecule has 3 nitrogen and oxygen atoms in total. The molecule has 1 aromatic rings. The quantitative estimate of drug-likeness (QED) is 0.184. The van der Waals surface area contributed by atoms with Crippen LogP contribution < -0.4 is 5.19 Å². The molecule has 0 atom stereocenters. The molecule has 27 heavy (non-hydrogen) atoms. The molecule has 0 amide bonds. The van der Waals surface area contributed by atoms with E-state index in [0.717, 1.165) is 17.7 Å². The van der Waals surface area contributed by atoms with Crippen LogP contribution in [0.4, 0.5) is 0 Å². The van der Waals surface area contributed by atoms with Crippen molar-refractivity contribution in [3.05, 3.63) is 30.3 Å². The molecule has 8 heteroatoms. The van der Waals surface area contributed by atoms with Crippen LogP contribution in [0.2, 0.25) is 6.04 Å². The molecule has 0 aliphatic rings. The minimum atomic E-state index is -2.62. The summed E-state index contributed by atoms with van der Waals surface area (Å²) in [5.74, 6) is 0. The number of halogens is 3. The molecule has 1 rings (SSSR count). The van der Waals surface area contributed by atoms with E-state index in [2.05, 4.69) is 6.92 Å². The van der Waals surface area contributed by atoms with Crippen LogP contribution in [0, 0.1) is 0 Å². The Morgan fingerprint density at radius 3 is 1.52 bits per heavy atom. The number of rotatable bonds is 13. The normalized spacial score (nSPS) is 11.8. The first kappa shape index (κ1) is 27.4. The fourth-order valence-electron chi connectivity index (χ4n) is 2.66. The third-order valence-corrected chi connectivity index (χ3v) is 10.2. The first-order valence-electron chi connectivity index (χ1n) is 9.63. The van der Waals surface area contributed by atoms with Crippen molar-refractivity contribution < 1.29 is 13.3 Å². The van der Waals surface area contributed by atoms with E-state index in [1.54, 1.807) is 21.3 Å². The SMILES string of the molecule is CCCCCCCCCC[Si](OC)(OC)OC.Cl[Si](Cl)(Cl)c1ccccc1. The smallest absolute Gasteiger partial charge is 0.377 e. The molecule has 0 aromatic heterocycles. The maximum atomic E-state index is 5.73. The Kier molecular flexibility index (Phi) is 16.5. The summed E-state index contributed by atoms with van der Waals surface area (Å²) in [6.45, 7) is 2.25. The molecule has 0 aliphatic carbocycles. The zero-order chi connectivity index (χ0) is 20.6. The molecule has 0 fully saturated rings. The minimum absolute atomic E-state index is 0.833. The van der Waals surface area contributed by atoms with Gasteiger partial charge in [-0.2, -0.15) is 0 Å². The van der Waals surface area contributed by atoms with Crippen molar-refractivity contribution in [1.82, 2.24) is 0 Å². The van der Waals surface area contributed by atoms with Gasteiger partial charge in [-0.1, -0.05) is 82.2 Å². The fourth-order valence-corrected chi connectivity index (χ4v) is 6.16. The zero-order valence-electron chi connectivity index (χ0n) is 17.1. The third kappa shape index (κ3) is 13.3. The van der Waals surface area contributed by atoms with Gasteiger partial charge in [0.25, 0.3) is 0 Å². The van der Waals surface area contributed by atoms with Crippen LogP contribution in [0.25, 0.3) is 0 Å². The summed E-state index contributed by atoms with van der Waals surface area (Å²) in [7, 11) is 2.75. The molecule has 0 spiro atoms. The highest BCUT2D eigenvalue weighted by Gasteiger charge is 2.36. The van der Waals surface area contributed by atoms with Gasteiger partial charge in [-0.15, -0.1) is 33.2 Å². The highest BCUT2D eigenvalue weighted by molar-refractivity contribution is 7.69. The lowest BCUT2D eigenvalue weighted by atomic mass is 10.1. The predicted octanol–water partition coefficient (Wildman–Crippen LogP) is 6.55. The first-order chi connectivity index (χ1) is 12.8. The Balaban J connectivity index is 0.000000569. The second-order valence-corrected chi connectivity index (χ2v) is 17.9. The van der Waals surface area contributed by atoms with E-state index in [1.807, 2.05) is 30.3 Å². The highest BCUT2D eigenvalue weighted by Crippen LogP contribution is 2.19. The Morgan fingerprint density at radius 2 is 1.15 bits per heavy atom. The summed E-state index contributed by atoms with van der Waals surface area (Å²) in [6, 6.07) is 7.61. The van der Waals surface area contributed by atoms with Crippen LogP contribution in [-0.4, -0.2) is 36.1 Å². The van der Waals surface area contributed by atoms with Gasteiger partial charge in [-0.05, 0) is 11.6 Å². The zero-order valence-corrected chi connectivity index (χ0v) is 21.4. The van der Waals surface area contributed by atoms with E-state index < -0.39 is 14.8 Å². The maximum absolute atomic E-state index is 5.73. The summed E-state index contributed by atoms with van der Waals surface area (Å²) >= 11 is 17.2. The lowest BCUT2D eigenvalue weighted by Gasteiger charge is -2.24. The van der Waals surface area contributed by atoms with Gasteiger partial charge in [0.2, 0.25) is 0 Å². The van der Waals surface area contributed by atoms with Gasteiger partial charge in [0, 0.05) is 27.4 Å². The van der Waals surface area contributed by atoms with Crippen molar-refractivity contribution in [2.75, 3.05) is 21.3 Å². The molecule has 0 saturated carbocycles. The van der Waals surface area contributed by atoms with Crippen molar-refractivity contribution in [1.29, 1.82) is 0 Å². The van der Waals surface area contributed by atoms with Crippen LogP contribution >= 0.6 is 33.2 Å². The molecule has 0 saturated heterocycles. The summed E-state index contributed by atoms with van der Waals surface area (Å²) in [4.78, 5) is 0. The van der Waals surface area contributed by atoms with E-state index in [4.69, 9.17) is 46.5 Å². The third-order valence-electron chi connectivity index (χ3n) is 4.37. The highest BCUT2D eigenvalue weighted by atomic mass is 35.8. The van der Waals surface area contributed by atoms with Gasteiger partial charge in [-0.25, -0.2) is 0 Å². The van der Waals surface area contributed by atoms with Gasteiger partial charge >= 0.3 is 14.8 Å². The topological polar surface area (TPSA) is 27.7 Å². The van der Waals surface area contributed by atoms with Gasteiger partial charge < -0.3 is 13.3 Å². The fraction of sp³-hybridized carbons (Fsp3) is 0.684. The lowest BCUT2D eigenvalue weighted by Crippen LogP contribution is -2.42. The monoisotopic (exact) mass is 472 g/mol. The average molecular weight is 474 g/mol. The summed E-state index contributed by atoms with van der Waals surface area (Å²) in [5.41, 5.74) is 0. The maximum Gasteiger partial charge on any atom is 0.500 e. The number of hydrogen-bond acceptors (Lipinski definition) is 3. The molecule has 1 aromatic carbocycles. The van der Waals surface area contributed by atoms with E-state index in [0.29, 0.717) is 0 Å². The van der Waals surface area contributed by atoms with Crippen molar-refractivity contribution in [2.24, 2.45) is 0 Å². The molecule has 158 valence electrons. The van der Waals surface area contributed by atoms with Gasteiger partial charge in [0.15, 0.2) is 0 Å². The van der Waals surface area contributed by atoms with Crippen LogP contribution in [0.15, 0.2) is 30.3 Å². The van der Waals surface area contributed by atoms with Gasteiger partial charge in [0.05, 0.1) is 0 Å².